The fourth-order valence-electron chi connectivity index (χ4n) is 6.92. The average molecular weight is 749 g/mol. The van der Waals surface area contributed by atoms with Gasteiger partial charge in [0.25, 0.3) is 0 Å². The second kappa shape index (κ2) is 28.6. The van der Waals surface area contributed by atoms with Crippen LogP contribution >= 0.6 is 0 Å². The van der Waals surface area contributed by atoms with Crippen LogP contribution < -0.4 is 11.1 Å². The first-order chi connectivity index (χ1) is 25.8. The van der Waals surface area contributed by atoms with E-state index in [0.717, 1.165) is 51.4 Å². The summed E-state index contributed by atoms with van der Waals surface area (Å²) in [6.07, 6.45) is 15.3. The summed E-state index contributed by atoms with van der Waals surface area (Å²) in [5.41, 5.74) is 6.42. The third kappa shape index (κ3) is 17.5. The first kappa shape index (κ1) is 46.4. The van der Waals surface area contributed by atoms with Gasteiger partial charge in [0.1, 0.15) is 31.0 Å². The van der Waals surface area contributed by atoms with Crippen LogP contribution in [0.2, 0.25) is 0 Å². The molecule has 0 saturated carbocycles. The molecule has 0 aliphatic carbocycles. The maximum Gasteiger partial charge on any atom is 0.417 e. The highest BCUT2D eigenvalue weighted by Crippen LogP contribution is 2.29. The number of rotatable bonds is 28. The molecule has 4 amide bonds. The molecule has 5 atom stereocenters. The summed E-state index contributed by atoms with van der Waals surface area (Å²) in [5.74, 6) is -0.875. The minimum absolute atomic E-state index is 0.161. The maximum atomic E-state index is 13.9. The SMILES string of the molecule is CCCCCCCCCCCCNC(=O)N(CCCCCCCCCCCC)[C@@H]1O[C@H](CO)[C@H](O)[C@H](O)[C@H]1N(C(=O)CN)C(=O)OCc1ccccc1. The second-order valence-corrected chi connectivity index (χ2v) is 14.5. The van der Waals surface area contributed by atoms with Crippen molar-refractivity contribution in [1.29, 1.82) is 0 Å². The van der Waals surface area contributed by atoms with Crippen molar-refractivity contribution < 1.29 is 39.2 Å². The topological polar surface area (TPSA) is 175 Å². The number of benzene rings is 1. The van der Waals surface area contributed by atoms with Crippen LogP contribution in [0, 0.1) is 0 Å². The van der Waals surface area contributed by atoms with E-state index in [-0.39, 0.29) is 13.2 Å². The second-order valence-electron chi connectivity index (χ2n) is 14.5. The number of nitrogens with one attached hydrogen (secondary N) is 1. The molecule has 1 aliphatic heterocycles. The van der Waals surface area contributed by atoms with Crippen molar-refractivity contribution in [2.24, 2.45) is 5.73 Å². The number of carbonyl (C=O) groups is 3. The summed E-state index contributed by atoms with van der Waals surface area (Å²) < 4.78 is 11.6. The Kier molecular flexibility index (Phi) is 25.1. The predicted molar refractivity (Wildman–Crippen MR) is 208 cm³/mol. The molecule has 6 N–H and O–H groups in total. The van der Waals surface area contributed by atoms with Gasteiger partial charge in [-0.3, -0.25) is 9.69 Å². The fraction of sp³-hybridized carbons (Fsp3) is 0.780. The number of aliphatic hydroxyl groups is 3. The van der Waals surface area contributed by atoms with Crippen LogP contribution in [0.25, 0.3) is 0 Å². The van der Waals surface area contributed by atoms with Gasteiger partial charge in [0.05, 0.1) is 13.2 Å². The summed E-state index contributed by atoms with van der Waals surface area (Å²) in [5, 5.41) is 35.5. The molecule has 1 aromatic rings. The minimum atomic E-state index is -1.77. The molecule has 53 heavy (non-hydrogen) atoms. The number of amides is 4. The van der Waals surface area contributed by atoms with E-state index in [2.05, 4.69) is 19.2 Å². The van der Waals surface area contributed by atoms with Crippen LogP contribution in [0.5, 0.6) is 0 Å². The summed E-state index contributed by atoms with van der Waals surface area (Å²) in [6, 6.07) is 6.86. The Hall–Kier alpha value is -2.77. The monoisotopic (exact) mass is 749 g/mol. The van der Waals surface area contributed by atoms with Gasteiger partial charge in [0.15, 0.2) is 6.23 Å². The number of aliphatic hydroxyl groups excluding tert-OH is 3. The molecule has 1 aromatic carbocycles. The third-order valence-corrected chi connectivity index (χ3v) is 10.1. The zero-order valence-electron chi connectivity index (χ0n) is 32.8. The van der Waals surface area contributed by atoms with Gasteiger partial charge in [0, 0.05) is 13.1 Å². The molecule has 0 spiro atoms. The molecule has 304 valence electrons. The summed E-state index contributed by atoms with van der Waals surface area (Å²) in [6.45, 7) is 3.63. The average Bonchev–Trinajstić information content (AvgIpc) is 3.17. The van der Waals surface area contributed by atoms with Gasteiger partial charge in [-0.2, -0.15) is 0 Å². The Morgan fingerprint density at radius 3 is 1.77 bits per heavy atom. The van der Waals surface area contributed by atoms with Crippen molar-refractivity contribution in [3.8, 4) is 0 Å². The molecular formula is C41H72N4O8. The molecule has 0 bridgehead atoms. The molecule has 12 nitrogen and oxygen atoms in total. The van der Waals surface area contributed by atoms with E-state index in [4.69, 9.17) is 15.2 Å². The number of hydrogen-bond acceptors (Lipinski definition) is 9. The van der Waals surface area contributed by atoms with E-state index < -0.39 is 61.8 Å². The fourth-order valence-corrected chi connectivity index (χ4v) is 6.92. The number of carbonyl (C=O) groups excluding carboxylic acids is 3. The molecular weight excluding hydrogens is 676 g/mol. The number of unbranched alkanes of at least 4 members (excludes halogenated alkanes) is 18. The lowest BCUT2D eigenvalue weighted by molar-refractivity contribution is -0.238. The van der Waals surface area contributed by atoms with Crippen molar-refractivity contribution in [2.45, 2.75) is 179 Å². The Morgan fingerprint density at radius 1 is 0.755 bits per heavy atom. The quantitative estimate of drug-likeness (QED) is 0.0580. The molecule has 2 rings (SSSR count). The third-order valence-electron chi connectivity index (χ3n) is 10.1. The van der Waals surface area contributed by atoms with Crippen LogP contribution in [0.15, 0.2) is 30.3 Å². The lowest BCUT2D eigenvalue weighted by Crippen LogP contribution is -2.71. The number of nitrogens with two attached hydrogens (primary N) is 1. The van der Waals surface area contributed by atoms with E-state index in [9.17, 15) is 29.7 Å². The van der Waals surface area contributed by atoms with Gasteiger partial charge < -0.3 is 35.8 Å². The lowest BCUT2D eigenvalue weighted by atomic mass is 9.93. The number of imide groups is 1. The van der Waals surface area contributed by atoms with E-state index in [1.54, 1.807) is 24.3 Å². The van der Waals surface area contributed by atoms with Gasteiger partial charge in [-0.15, -0.1) is 0 Å². The highest BCUT2D eigenvalue weighted by Gasteiger charge is 2.53. The van der Waals surface area contributed by atoms with E-state index >= 15 is 0 Å². The molecule has 0 unspecified atom stereocenters. The first-order valence-electron chi connectivity index (χ1n) is 20.7. The standard InChI is InChI=1S/C41H72N4O8/c1-3-5-7-9-11-13-15-17-19-24-28-43-40(50)44(29-25-20-18-16-14-12-10-8-6-4-2)39-36(38(49)37(48)34(31-46)53-39)45(35(47)30-42)41(51)52-32-33-26-22-21-23-27-33/h21-23,26-27,34,36-39,46,48-49H,3-20,24-25,28-32,42H2,1-2H3,(H,43,50)/t34-,36-,37+,38-,39-/m1/s1. The Balaban J connectivity index is 2.19. The van der Waals surface area contributed by atoms with E-state index in [1.807, 2.05) is 6.07 Å². The smallest absolute Gasteiger partial charge is 0.417 e. The van der Waals surface area contributed by atoms with Crippen molar-refractivity contribution >= 4 is 18.0 Å². The van der Waals surface area contributed by atoms with Crippen LogP contribution in [0.4, 0.5) is 9.59 Å². The Bertz CT molecular complexity index is 1110. The van der Waals surface area contributed by atoms with Gasteiger partial charge in [-0.25, -0.2) is 14.5 Å². The van der Waals surface area contributed by atoms with Crippen LogP contribution in [0.3, 0.4) is 0 Å². The molecule has 12 heteroatoms. The lowest BCUT2D eigenvalue weighted by Gasteiger charge is -2.49. The Labute approximate surface area is 319 Å². The van der Waals surface area contributed by atoms with Crippen molar-refractivity contribution in [2.75, 3.05) is 26.2 Å². The van der Waals surface area contributed by atoms with Crippen LogP contribution in [-0.4, -0.2) is 100.0 Å². The molecule has 1 aliphatic rings. The summed E-state index contributed by atoms with van der Waals surface area (Å²) in [4.78, 5) is 42.9. The molecule has 1 fully saturated rings. The molecule has 0 aromatic heterocycles. The summed E-state index contributed by atoms with van der Waals surface area (Å²) >= 11 is 0. The van der Waals surface area contributed by atoms with Gasteiger partial charge in [-0.1, -0.05) is 160 Å². The number of ether oxygens (including phenoxy) is 2. The Morgan fingerprint density at radius 2 is 1.26 bits per heavy atom. The zero-order chi connectivity index (χ0) is 38.7. The zero-order valence-corrected chi connectivity index (χ0v) is 32.8. The van der Waals surface area contributed by atoms with Crippen LogP contribution in [-0.2, 0) is 20.9 Å². The van der Waals surface area contributed by atoms with Crippen molar-refractivity contribution in [3.63, 3.8) is 0 Å². The first-order valence-corrected chi connectivity index (χ1v) is 20.7. The summed E-state index contributed by atoms with van der Waals surface area (Å²) in [7, 11) is 0. The van der Waals surface area contributed by atoms with Crippen molar-refractivity contribution in [3.05, 3.63) is 35.9 Å². The number of urea groups is 1. The van der Waals surface area contributed by atoms with Gasteiger partial charge in [0.2, 0.25) is 5.91 Å². The maximum absolute atomic E-state index is 13.9. The highest BCUT2D eigenvalue weighted by molar-refractivity contribution is 5.93. The molecule has 1 saturated heterocycles. The predicted octanol–water partition coefficient (Wildman–Crippen LogP) is 6.77. The van der Waals surface area contributed by atoms with Crippen molar-refractivity contribution in [1.82, 2.24) is 15.1 Å². The van der Waals surface area contributed by atoms with E-state index in [1.165, 1.54) is 75.5 Å². The van der Waals surface area contributed by atoms with Gasteiger partial charge in [-0.05, 0) is 18.4 Å². The largest absolute Gasteiger partial charge is 0.444 e. The minimum Gasteiger partial charge on any atom is -0.444 e. The molecule has 1 heterocycles. The normalized spacial score (nSPS) is 19.8. The number of nitrogens with zero attached hydrogens (tertiary/aromatic N) is 2. The molecule has 0 radical (unpaired) electrons. The van der Waals surface area contributed by atoms with Gasteiger partial charge >= 0.3 is 12.1 Å². The number of hydrogen-bond donors (Lipinski definition) is 5. The van der Waals surface area contributed by atoms with Crippen LogP contribution in [0.1, 0.15) is 148 Å². The van der Waals surface area contributed by atoms with E-state index in [0.29, 0.717) is 23.4 Å². The highest BCUT2D eigenvalue weighted by atomic mass is 16.6.